The third-order valence-corrected chi connectivity index (χ3v) is 5.68. The molecule has 156 valence electrons. The van der Waals surface area contributed by atoms with Gasteiger partial charge >= 0.3 is 0 Å². The number of hydrogen-bond donors (Lipinski definition) is 3. The van der Waals surface area contributed by atoms with E-state index in [1.165, 1.54) is 0 Å². The molecular weight excluding hydrogens is 475 g/mol. The third-order valence-electron chi connectivity index (χ3n) is 3.82. The van der Waals surface area contributed by atoms with Gasteiger partial charge < -0.3 is 10.6 Å². The predicted molar refractivity (Wildman–Crippen MR) is 124 cm³/mol. The fourth-order valence-corrected chi connectivity index (χ4v) is 3.87. The van der Waals surface area contributed by atoms with Crippen LogP contribution in [0.25, 0.3) is 0 Å². The van der Waals surface area contributed by atoms with Crippen molar-refractivity contribution in [3.8, 4) is 0 Å². The smallest absolute Gasteiger partial charge is 0.241 e. The van der Waals surface area contributed by atoms with E-state index in [1.54, 1.807) is 18.2 Å². The van der Waals surface area contributed by atoms with Gasteiger partial charge in [0.1, 0.15) is 0 Å². The van der Waals surface area contributed by atoms with Crippen molar-refractivity contribution in [3.05, 3.63) is 29.8 Å². The summed E-state index contributed by atoms with van der Waals surface area (Å²) in [6, 6.07) is 7.24. The summed E-state index contributed by atoms with van der Waals surface area (Å²) in [7, 11) is -3.61. The van der Waals surface area contributed by atoms with Gasteiger partial charge in [-0.3, -0.25) is 0 Å². The van der Waals surface area contributed by atoms with E-state index in [0.717, 1.165) is 6.54 Å². The first-order valence-electron chi connectivity index (χ1n) is 9.13. The summed E-state index contributed by atoms with van der Waals surface area (Å²) in [5, 5.41) is 6.57. The quantitative estimate of drug-likeness (QED) is 0.298. The maximum Gasteiger partial charge on any atom is 0.241 e. The molecule has 0 heterocycles. The molecule has 0 aliphatic heterocycles. The van der Waals surface area contributed by atoms with E-state index in [0.29, 0.717) is 17.4 Å². The van der Waals surface area contributed by atoms with E-state index in [2.05, 4.69) is 41.1 Å². The Morgan fingerprint density at radius 1 is 1.15 bits per heavy atom. The Kier molecular flexibility index (Phi) is 10.8. The number of benzene rings is 1. The second-order valence-corrected chi connectivity index (χ2v) is 9.49. The number of guanidine groups is 1. The van der Waals surface area contributed by atoms with Gasteiger partial charge in [0.25, 0.3) is 0 Å². The molecule has 0 bridgehead atoms. The molecule has 1 aromatic rings. The molecule has 6 nitrogen and oxygen atoms in total. The van der Waals surface area contributed by atoms with Gasteiger partial charge in [-0.15, -0.1) is 24.0 Å². The summed E-state index contributed by atoms with van der Waals surface area (Å²) in [6.07, 6.45) is 0. The Hall–Kier alpha value is -0.870. The molecule has 0 aromatic heterocycles. The Morgan fingerprint density at radius 3 is 2.26 bits per heavy atom. The molecule has 1 rings (SSSR count). The van der Waals surface area contributed by atoms with Crippen LogP contribution in [-0.2, 0) is 16.6 Å². The summed E-state index contributed by atoms with van der Waals surface area (Å²) in [4.78, 5) is 4.85. The topological polar surface area (TPSA) is 82.6 Å². The first-order valence-corrected chi connectivity index (χ1v) is 10.6. The molecule has 0 amide bonds. The highest BCUT2D eigenvalue weighted by atomic mass is 127. The Bertz CT molecular complexity index is 713. The average Bonchev–Trinajstić information content (AvgIpc) is 2.50. The van der Waals surface area contributed by atoms with E-state index in [1.807, 2.05) is 33.8 Å². The van der Waals surface area contributed by atoms with Crippen LogP contribution in [0.1, 0.15) is 54.0 Å². The van der Waals surface area contributed by atoms with Crippen molar-refractivity contribution in [3.63, 3.8) is 0 Å². The maximum atomic E-state index is 12.7. The molecule has 0 fully saturated rings. The predicted octanol–water partition coefficient (Wildman–Crippen LogP) is 3.48. The Balaban J connectivity index is 0.00000676. The zero-order valence-electron chi connectivity index (χ0n) is 17.5. The van der Waals surface area contributed by atoms with Gasteiger partial charge in [-0.05, 0) is 52.2 Å². The molecule has 0 aliphatic rings. The van der Waals surface area contributed by atoms with E-state index in [4.69, 9.17) is 0 Å². The van der Waals surface area contributed by atoms with Crippen LogP contribution in [0, 0.1) is 5.92 Å². The number of halogens is 1. The summed E-state index contributed by atoms with van der Waals surface area (Å²) in [6.45, 7) is 14.9. The number of nitrogens with zero attached hydrogens (tertiary/aromatic N) is 1. The summed E-state index contributed by atoms with van der Waals surface area (Å²) in [5.74, 6) is 1.15. The van der Waals surface area contributed by atoms with Crippen LogP contribution in [0.4, 0.5) is 0 Å². The van der Waals surface area contributed by atoms with Gasteiger partial charge in [0.15, 0.2) is 5.96 Å². The molecule has 0 aliphatic carbocycles. The van der Waals surface area contributed by atoms with Gasteiger partial charge in [-0.2, -0.15) is 0 Å². The molecular formula is C19H35IN4O2S. The molecule has 1 unspecified atom stereocenters. The molecule has 0 spiro atoms. The molecule has 1 atom stereocenters. The first-order chi connectivity index (χ1) is 12.0. The standard InChI is InChI=1S/C19H34N4O2S.HI/c1-8-20-18(22-15(4)14(2)3)21-13-16-11-9-10-12-17(16)26(24,25)23-19(5,6)7;/h9-12,14-15,23H,8,13H2,1-7H3,(H2,20,21,22);1H. The molecule has 27 heavy (non-hydrogen) atoms. The largest absolute Gasteiger partial charge is 0.357 e. The van der Waals surface area contributed by atoms with Crippen molar-refractivity contribution >= 4 is 40.0 Å². The van der Waals surface area contributed by atoms with Gasteiger partial charge in [-0.25, -0.2) is 18.1 Å². The summed E-state index contributed by atoms with van der Waals surface area (Å²) >= 11 is 0. The van der Waals surface area contributed by atoms with Crippen LogP contribution in [0.3, 0.4) is 0 Å². The second-order valence-electron chi connectivity index (χ2n) is 7.84. The molecule has 0 radical (unpaired) electrons. The first kappa shape index (κ1) is 26.1. The van der Waals surface area contributed by atoms with Crippen LogP contribution in [0.5, 0.6) is 0 Å². The van der Waals surface area contributed by atoms with Crippen molar-refractivity contribution in [1.29, 1.82) is 0 Å². The van der Waals surface area contributed by atoms with Gasteiger partial charge in [0, 0.05) is 18.1 Å². The molecule has 0 saturated heterocycles. The fraction of sp³-hybridized carbons (Fsp3) is 0.632. The van der Waals surface area contributed by atoms with Crippen molar-refractivity contribution in [2.45, 2.75) is 71.5 Å². The number of nitrogens with one attached hydrogen (secondary N) is 3. The SMILES string of the molecule is CCNC(=NCc1ccccc1S(=O)(=O)NC(C)(C)C)NC(C)C(C)C.I. The van der Waals surface area contributed by atoms with Crippen molar-refractivity contribution in [1.82, 2.24) is 15.4 Å². The Labute approximate surface area is 182 Å². The van der Waals surface area contributed by atoms with Crippen LogP contribution in [-0.4, -0.2) is 32.5 Å². The minimum Gasteiger partial charge on any atom is -0.357 e. The second kappa shape index (κ2) is 11.2. The van der Waals surface area contributed by atoms with Crippen LogP contribution >= 0.6 is 24.0 Å². The van der Waals surface area contributed by atoms with Crippen molar-refractivity contribution in [2.75, 3.05) is 6.54 Å². The van der Waals surface area contributed by atoms with Crippen LogP contribution in [0.15, 0.2) is 34.2 Å². The maximum absolute atomic E-state index is 12.7. The number of rotatable bonds is 7. The lowest BCUT2D eigenvalue weighted by Gasteiger charge is -2.22. The van der Waals surface area contributed by atoms with E-state index < -0.39 is 15.6 Å². The van der Waals surface area contributed by atoms with Gasteiger partial charge in [-0.1, -0.05) is 32.0 Å². The number of aliphatic imine (C=N–C) groups is 1. The monoisotopic (exact) mass is 510 g/mol. The molecule has 3 N–H and O–H groups in total. The van der Waals surface area contributed by atoms with Crippen LogP contribution < -0.4 is 15.4 Å². The van der Waals surface area contributed by atoms with E-state index >= 15 is 0 Å². The minimum atomic E-state index is -3.61. The fourth-order valence-electron chi connectivity index (χ4n) is 2.22. The zero-order valence-corrected chi connectivity index (χ0v) is 20.6. The molecule has 0 saturated carbocycles. The average molecular weight is 510 g/mol. The van der Waals surface area contributed by atoms with Gasteiger partial charge in [0.2, 0.25) is 10.0 Å². The lowest BCUT2D eigenvalue weighted by Crippen LogP contribution is -2.44. The van der Waals surface area contributed by atoms with E-state index in [-0.39, 0.29) is 41.5 Å². The normalized spacial score (nSPS) is 13.9. The number of sulfonamides is 1. The highest BCUT2D eigenvalue weighted by Crippen LogP contribution is 2.18. The van der Waals surface area contributed by atoms with Gasteiger partial charge in [0.05, 0.1) is 11.4 Å². The number of hydrogen-bond acceptors (Lipinski definition) is 3. The van der Waals surface area contributed by atoms with Crippen molar-refractivity contribution in [2.24, 2.45) is 10.9 Å². The molecule has 1 aromatic carbocycles. The highest BCUT2D eigenvalue weighted by Gasteiger charge is 2.24. The highest BCUT2D eigenvalue weighted by molar-refractivity contribution is 14.0. The van der Waals surface area contributed by atoms with E-state index in [9.17, 15) is 8.42 Å². The zero-order chi connectivity index (χ0) is 20.0. The lowest BCUT2D eigenvalue weighted by atomic mass is 10.1. The van der Waals surface area contributed by atoms with Crippen LogP contribution in [0.2, 0.25) is 0 Å². The van der Waals surface area contributed by atoms with Crippen molar-refractivity contribution < 1.29 is 8.42 Å². The lowest BCUT2D eigenvalue weighted by molar-refractivity contribution is 0.481. The summed E-state index contributed by atoms with van der Waals surface area (Å²) in [5.41, 5.74) is 0.122. The minimum absolute atomic E-state index is 0. The summed E-state index contributed by atoms with van der Waals surface area (Å²) < 4.78 is 28.1. The third kappa shape index (κ3) is 9.25. The Morgan fingerprint density at radius 2 is 1.74 bits per heavy atom. The molecule has 8 heteroatoms.